The van der Waals surface area contributed by atoms with Gasteiger partial charge in [0.1, 0.15) is 5.75 Å². The molecule has 2 aromatic carbocycles. The van der Waals surface area contributed by atoms with E-state index in [-0.39, 0.29) is 11.7 Å². The molecule has 1 aliphatic heterocycles. The fourth-order valence-electron chi connectivity index (χ4n) is 2.33. The minimum Gasteiger partial charge on any atom is -0.493 e. The second kappa shape index (κ2) is 5.64. The summed E-state index contributed by atoms with van der Waals surface area (Å²) in [5, 5.41) is 0. The minimum atomic E-state index is -4.34. The maximum atomic E-state index is 12.6. The molecule has 0 spiro atoms. The summed E-state index contributed by atoms with van der Waals surface area (Å²) in [4.78, 5) is 1.23. The second-order valence-corrected chi connectivity index (χ2v) is 5.94. The maximum absolute atomic E-state index is 12.6. The van der Waals surface area contributed by atoms with E-state index in [9.17, 15) is 13.2 Å². The molecule has 0 aliphatic carbocycles. The van der Waals surface area contributed by atoms with Crippen LogP contribution in [0.1, 0.15) is 17.0 Å². The van der Waals surface area contributed by atoms with E-state index in [1.54, 1.807) is 17.8 Å². The molecule has 0 bridgehead atoms. The van der Waals surface area contributed by atoms with Gasteiger partial charge in [0.25, 0.3) is 0 Å². The third-order valence-corrected chi connectivity index (χ3v) is 4.66. The first kappa shape index (κ1) is 14.3. The highest BCUT2D eigenvalue weighted by Gasteiger charge is 2.30. The van der Waals surface area contributed by atoms with Crippen molar-refractivity contribution in [2.24, 2.45) is 0 Å². The van der Waals surface area contributed by atoms with Gasteiger partial charge in [0.2, 0.25) is 0 Å². The van der Waals surface area contributed by atoms with Crippen LogP contribution in [0.5, 0.6) is 5.75 Å². The standard InChI is InChI=1S/C16H13F3OS/c17-16(18,19)12-4-3-5-13(8-12)20-9-11-10-21-15-7-2-1-6-14(11)15/h1-8,11H,9-10H2. The van der Waals surface area contributed by atoms with Crippen molar-refractivity contribution < 1.29 is 17.9 Å². The van der Waals surface area contributed by atoms with Crippen molar-refractivity contribution in [1.29, 1.82) is 0 Å². The zero-order chi connectivity index (χ0) is 14.9. The Morgan fingerprint density at radius 2 is 1.90 bits per heavy atom. The van der Waals surface area contributed by atoms with Gasteiger partial charge in [0, 0.05) is 16.6 Å². The van der Waals surface area contributed by atoms with Crippen molar-refractivity contribution >= 4 is 11.8 Å². The molecule has 0 N–H and O–H groups in total. The van der Waals surface area contributed by atoms with Crippen molar-refractivity contribution in [3.63, 3.8) is 0 Å². The van der Waals surface area contributed by atoms with Crippen LogP contribution in [-0.2, 0) is 6.18 Å². The van der Waals surface area contributed by atoms with Gasteiger partial charge in [-0.1, -0.05) is 24.3 Å². The predicted octanol–water partition coefficient (Wildman–Crippen LogP) is 4.97. The Balaban J connectivity index is 1.69. The molecule has 1 heterocycles. The summed E-state index contributed by atoms with van der Waals surface area (Å²) in [6.07, 6.45) is -4.34. The number of rotatable bonds is 3. The molecule has 3 rings (SSSR count). The van der Waals surface area contributed by atoms with E-state index in [1.165, 1.54) is 16.5 Å². The predicted molar refractivity (Wildman–Crippen MR) is 76.8 cm³/mol. The lowest BCUT2D eigenvalue weighted by atomic mass is 10.0. The Hall–Kier alpha value is -1.62. The Labute approximate surface area is 125 Å². The summed E-state index contributed by atoms with van der Waals surface area (Å²) in [6.45, 7) is 0.394. The fraction of sp³-hybridized carbons (Fsp3) is 0.250. The average molecular weight is 310 g/mol. The quantitative estimate of drug-likeness (QED) is 0.791. The third-order valence-electron chi connectivity index (χ3n) is 3.41. The van der Waals surface area contributed by atoms with E-state index < -0.39 is 11.7 Å². The Morgan fingerprint density at radius 3 is 2.71 bits per heavy atom. The molecular formula is C16H13F3OS. The number of thioether (sulfide) groups is 1. The van der Waals surface area contributed by atoms with Gasteiger partial charge in [-0.05, 0) is 29.8 Å². The molecule has 0 aromatic heterocycles. The number of halogens is 3. The summed E-state index contributed by atoms with van der Waals surface area (Å²) in [5.41, 5.74) is 0.538. The van der Waals surface area contributed by atoms with E-state index in [2.05, 4.69) is 12.1 Å². The van der Waals surface area contributed by atoms with Crippen LogP contribution in [0.3, 0.4) is 0 Å². The first-order chi connectivity index (χ1) is 10.0. The van der Waals surface area contributed by atoms with Crippen molar-refractivity contribution in [1.82, 2.24) is 0 Å². The molecular weight excluding hydrogens is 297 g/mol. The van der Waals surface area contributed by atoms with Crippen molar-refractivity contribution in [3.8, 4) is 5.75 Å². The van der Waals surface area contributed by atoms with Crippen LogP contribution in [0.4, 0.5) is 13.2 Å². The summed E-state index contributed by atoms with van der Waals surface area (Å²) < 4.78 is 43.5. The molecule has 1 nitrogen and oxygen atoms in total. The normalized spacial score (nSPS) is 17.6. The van der Waals surface area contributed by atoms with E-state index >= 15 is 0 Å². The van der Waals surface area contributed by atoms with Crippen molar-refractivity contribution in [3.05, 3.63) is 59.7 Å². The van der Waals surface area contributed by atoms with E-state index in [0.717, 1.165) is 17.9 Å². The van der Waals surface area contributed by atoms with Crippen LogP contribution in [-0.4, -0.2) is 12.4 Å². The molecule has 1 atom stereocenters. The van der Waals surface area contributed by atoms with Gasteiger partial charge in [0.05, 0.1) is 12.2 Å². The molecule has 0 saturated carbocycles. The number of alkyl halides is 3. The second-order valence-electron chi connectivity index (χ2n) is 4.88. The molecule has 21 heavy (non-hydrogen) atoms. The Morgan fingerprint density at radius 1 is 1.10 bits per heavy atom. The van der Waals surface area contributed by atoms with Gasteiger partial charge < -0.3 is 4.74 Å². The number of ether oxygens (including phenoxy) is 1. The molecule has 5 heteroatoms. The lowest BCUT2D eigenvalue weighted by Gasteiger charge is -2.14. The molecule has 0 saturated heterocycles. The van der Waals surface area contributed by atoms with Crippen LogP contribution in [0.2, 0.25) is 0 Å². The summed E-state index contributed by atoms with van der Waals surface area (Å²) in [7, 11) is 0. The summed E-state index contributed by atoms with van der Waals surface area (Å²) in [5.74, 6) is 1.39. The smallest absolute Gasteiger partial charge is 0.416 e. The number of fused-ring (bicyclic) bond motifs is 1. The van der Waals surface area contributed by atoms with Crippen molar-refractivity contribution in [2.45, 2.75) is 17.0 Å². The maximum Gasteiger partial charge on any atom is 0.416 e. The zero-order valence-electron chi connectivity index (χ0n) is 11.1. The minimum absolute atomic E-state index is 0.223. The Kier molecular flexibility index (Phi) is 3.85. The van der Waals surface area contributed by atoms with Gasteiger partial charge in [-0.25, -0.2) is 0 Å². The molecule has 110 valence electrons. The lowest BCUT2D eigenvalue weighted by Crippen LogP contribution is -2.10. The topological polar surface area (TPSA) is 9.23 Å². The first-order valence-corrected chi connectivity index (χ1v) is 7.54. The van der Waals surface area contributed by atoms with Crippen LogP contribution in [0.15, 0.2) is 53.4 Å². The third kappa shape index (κ3) is 3.18. The molecule has 2 aromatic rings. The highest BCUT2D eigenvalue weighted by molar-refractivity contribution is 7.99. The average Bonchev–Trinajstić information content (AvgIpc) is 2.88. The zero-order valence-corrected chi connectivity index (χ0v) is 11.9. The monoisotopic (exact) mass is 310 g/mol. The van der Waals surface area contributed by atoms with Gasteiger partial charge in [0.15, 0.2) is 0 Å². The fourth-order valence-corrected chi connectivity index (χ4v) is 3.56. The van der Waals surface area contributed by atoms with Gasteiger partial charge in [-0.3, -0.25) is 0 Å². The summed E-state index contributed by atoms with van der Waals surface area (Å²) >= 11 is 1.76. The number of hydrogen-bond acceptors (Lipinski definition) is 2. The summed E-state index contributed by atoms with van der Waals surface area (Å²) in [6, 6.07) is 13.1. The van der Waals surface area contributed by atoms with E-state index in [1.807, 2.05) is 12.1 Å². The van der Waals surface area contributed by atoms with Crippen LogP contribution in [0.25, 0.3) is 0 Å². The lowest BCUT2D eigenvalue weighted by molar-refractivity contribution is -0.137. The highest BCUT2D eigenvalue weighted by Crippen LogP contribution is 2.39. The molecule has 0 amide bonds. The van der Waals surface area contributed by atoms with Gasteiger partial charge in [-0.2, -0.15) is 13.2 Å². The molecule has 1 unspecified atom stereocenters. The largest absolute Gasteiger partial charge is 0.493 e. The van der Waals surface area contributed by atoms with E-state index in [4.69, 9.17) is 4.74 Å². The molecule has 0 fully saturated rings. The Bertz CT molecular complexity index is 639. The van der Waals surface area contributed by atoms with E-state index in [0.29, 0.717) is 6.61 Å². The number of benzene rings is 2. The van der Waals surface area contributed by atoms with Crippen LogP contribution >= 0.6 is 11.8 Å². The number of hydrogen-bond donors (Lipinski definition) is 0. The van der Waals surface area contributed by atoms with Crippen molar-refractivity contribution in [2.75, 3.05) is 12.4 Å². The molecule has 0 radical (unpaired) electrons. The first-order valence-electron chi connectivity index (χ1n) is 6.56. The van der Waals surface area contributed by atoms with Gasteiger partial charge in [-0.15, -0.1) is 11.8 Å². The molecule has 1 aliphatic rings. The SMILES string of the molecule is FC(F)(F)c1cccc(OCC2CSc3ccccc32)c1. The highest BCUT2D eigenvalue weighted by atomic mass is 32.2. The van der Waals surface area contributed by atoms with Crippen LogP contribution < -0.4 is 4.74 Å². The van der Waals surface area contributed by atoms with Gasteiger partial charge >= 0.3 is 6.18 Å². The van der Waals surface area contributed by atoms with Crippen LogP contribution in [0, 0.1) is 0 Å².